The molecule has 10 heteroatoms. The Balaban J connectivity index is 1.15. The van der Waals surface area contributed by atoms with Crippen LogP contribution in [-0.2, 0) is 11.2 Å². The van der Waals surface area contributed by atoms with Crippen LogP contribution in [0.4, 0.5) is 10.2 Å². The van der Waals surface area contributed by atoms with Gasteiger partial charge in [-0.15, -0.1) is 0 Å². The number of carbonyl (C=O) groups is 1. The van der Waals surface area contributed by atoms with E-state index in [4.69, 9.17) is 4.52 Å². The molecule has 0 saturated heterocycles. The second-order valence-electron chi connectivity index (χ2n) is 7.91. The molecule has 176 valence electrons. The van der Waals surface area contributed by atoms with Crippen molar-refractivity contribution in [3.05, 3.63) is 70.1 Å². The summed E-state index contributed by atoms with van der Waals surface area (Å²) in [5.74, 6) is 0.963. The molecular formula is C24H25FN6O3. The van der Waals surface area contributed by atoms with Crippen LogP contribution in [0.1, 0.15) is 30.7 Å². The van der Waals surface area contributed by atoms with Crippen LogP contribution in [0, 0.1) is 12.7 Å². The second-order valence-corrected chi connectivity index (χ2v) is 7.91. The Morgan fingerprint density at radius 1 is 1.12 bits per heavy atom. The molecule has 2 heterocycles. The molecule has 9 nitrogen and oxygen atoms in total. The van der Waals surface area contributed by atoms with Crippen molar-refractivity contribution in [2.45, 2.75) is 32.6 Å². The van der Waals surface area contributed by atoms with Gasteiger partial charge in [0.1, 0.15) is 5.82 Å². The van der Waals surface area contributed by atoms with Gasteiger partial charge in [-0.3, -0.25) is 9.59 Å². The number of nitrogens with zero attached hydrogens (tertiary/aromatic N) is 3. The van der Waals surface area contributed by atoms with Gasteiger partial charge in [0.2, 0.25) is 17.6 Å². The van der Waals surface area contributed by atoms with Crippen molar-refractivity contribution < 1.29 is 13.7 Å². The van der Waals surface area contributed by atoms with E-state index in [1.165, 1.54) is 6.07 Å². The number of benzene rings is 2. The van der Waals surface area contributed by atoms with E-state index in [1.54, 1.807) is 31.2 Å². The minimum Gasteiger partial charge on any atom is -0.368 e. The fraction of sp³-hybridized carbons (Fsp3) is 0.292. The maximum atomic E-state index is 13.7. The summed E-state index contributed by atoms with van der Waals surface area (Å²) in [7, 11) is 0. The first-order chi connectivity index (χ1) is 16.5. The van der Waals surface area contributed by atoms with Crippen LogP contribution < -0.4 is 16.2 Å². The summed E-state index contributed by atoms with van der Waals surface area (Å²) in [6.45, 7) is 2.79. The number of nitrogens with one attached hydrogen (secondary N) is 3. The number of aromatic amines is 1. The first-order valence-corrected chi connectivity index (χ1v) is 11.1. The number of H-pyrrole nitrogens is 1. The molecule has 0 bridgehead atoms. The predicted molar refractivity (Wildman–Crippen MR) is 126 cm³/mol. The van der Waals surface area contributed by atoms with Crippen molar-refractivity contribution in [2.75, 3.05) is 18.4 Å². The van der Waals surface area contributed by atoms with Crippen LogP contribution in [0.25, 0.3) is 22.2 Å². The number of amides is 1. The number of fused-ring (bicyclic) bond motifs is 1. The summed E-state index contributed by atoms with van der Waals surface area (Å²) in [4.78, 5) is 28.2. The van der Waals surface area contributed by atoms with E-state index >= 15 is 0 Å². The van der Waals surface area contributed by atoms with Gasteiger partial charge in [0.25, 0.3) is 5.56 Å². The number of aromatic nitrogens is 4. The van der Waals surface area contributed by atoms with Crippen molar-refractivity contribution in [1.82, 2.24) is 25.7 Å². The minimum absolute atomic E-state index is 0.0621. The Hall–Kier alpha value is -4.08. The van der Waals surface area contributed by atoms with Gasteiger partial charge in [-0.2, -0.15) is 10.1 Å². The lowest BCUT2D eigenvalue weighted by molar-refractivity contribution is -0.121. The highest BCUT2D eigenvalue weighted by atomic mass is 19.1. The van der Waals surface area contributed by atoms with Gasteiger partial charge in [0.05, 0.1) is 5.39 Å². The minimum atomic E-state index is -0.320. The first-order valence-electron chi connectivity index (χ1n) is 11.1. The highest BCUT2D eigenvalue weighted by Gasteiger charge is 2.11. The summed E-state index contributed by atoms with van der Waals surface area (Å²) in [6.07, 6.45) is 2.04. The molecule has 0 unspecified atom stereocenters. The van der Waals surface area contributed by atoms with Crippen LogP contribution in [0.2, 0.25) is 0 Å². The fourth-order valence-corrected chi connectivity index (χ4v) is 3.47. The zero-order valence-corrected chi connectivity index (χ0v) is 18.7. The van der Waals surface area contributed by atoms with E-state index in [-0.39, 0.29) is 17.3 Å². The Labute approximate surface area is 194 Å². The van der Waals surface area contributed by atoms with Gasteiger partial charge in [-0.1, -0.05) is 35.5 Å². The molecule has 0 spiro atoms. The van der Waals surface area contributed by atoms with Crippen molar-refractivity contribution >= 4 is 22.5 Å². The maximum Gasteiger partial charge on any atom is 0.272 e. The average Bonchev–Trinajstić information content (AvgIpc) is 3.31. The molecule has 0 aliphatic heterocycles. The molecule has 4 rings (SSSR count). The third-order valence-corrected chi connectivity index (χ3v) is 5.36. The average molecular weight is 465 g/mol. The molecule has 1 amide bonds. The van der Waals surface area contributed by atoms with E-state index in [0.29, 0.717) is 72.8 Å². The Kier molecular flexibility index (Phi) is 7.26. The van der Waals surface area contributed by atoms with E-state index in [2.05, 4.69) is 31.0 Å². The number of rotatable bonds is 10. The first kappa shape index (κ1) is 23.1. The largest absolute Gasteiger partial charge is 0.368 e. The molecule has 34 heavy (non-hydrogen) atoms. The van der Waals surface area contributed by atoms with Gasteiger partial charge in [-0.25, -0.2) is 9.49 Å². The molecule has 0 fully saturated rings. The third kappa shape index (κ3) is 5.64. The van der Waals surface area contributed by atoms with Crippen molar-refractivity contribution in [1.29, 1.82) is 0 Å². The summed E-state index contributed by atoms with van der Waals surface area (Å²) in [5.41, 5.74) is 0.875. The van der Waals surface area contributed by atoms with Crippen LogP contribution >= 0.6 is 0 Å². The molecule has 4 aromatic rings. The summed E-state index contributed by atoms with van der Waals surface area (Å²) < 4.78 is 18.9. The number of halogens is 1. The number of carbonyl (C=O) groups excluding carboxylic acids is 1. The highest BCUT2D eigenvalue weighted by Crippen LogP contribution is 2.19. The molecule has 0 aliphatic rings. The lowest BCUT2D eigenvalue weighted by atomic mass is 10.1. The maximum absolute atomic E-state index is 13.7. The number of hydrogen-bond donors (Lipinski definition) is 3. The van der Waals surface area contributed by atoms with Crippen molar-refractivity contribution in [3.63, 3.8) is 0 Å². The quantitative estimate of drug-likeness (QED) is 0.307. The molecule has 2 aromatic carbocycles. The highest BCUT2D eigenvalue weighted by molar-refractivity contribution is 5.90. The smallest absolute Gasteiger partial charge is 0.272 e. The van der Waals surface area contributed by atoms with Crippen molar-refractivity contribution in [2.24, 2.45) is 0 Å². The monoisotopic (exact) mass is 464 g/mol. The normalized spacial score (nSPS) is 11.0. The summed E-state index contributed by atoms with van der Waals surface area (Å²) in [5, 5.41) is 17.8. The Bertz CT molecular complexity index is 1350. The molecule has 0 aliphatic carbocycles. The predicted octanol–water partition coefficient (Wildman–Crippen LogP) is 3.36. The number of hydrogen-bond acceptors (Lipinski definition) is 7. The molecule has 0 radical (unpaired) electrons. The molecule has 0 saturated carbocycles. The van der Waals surface area contributed by atoms with Gasteiger partial charge >= 0.3 is 0 Å². The van der Waals surface area contributed by atoms with E-state index in [0.717, 1.165) is 5.39 Å². The SMILES string of the molecule is Cc1ccc(-c2noc(CCCC(=O)NCCCNc3n[nH]c(=O)c4ccccc34)n2)cc1F. The summed E-state index contributed by atoms with van der Waals surface area (Å²) in [6, 6.07) is 12.0. The summed E-state index contributed by atoms with van der Waals surface area (Å²) >= 11 is 0. The molecule has 3 N–H and O–H groups in total. The third-order valence-electron chi connectivity index (χ3n) is 5.36. The Morgan fingerprint density at radius 2 is 1.94 bits per heavy atom. The van der Waals surface area contributed by atoms with Crippen LogP contribution in [0.15, 0.2) is 51.8 Å². The van der Waals surface area contributed by atoms with Crippen LogP contribution in [-0.4, -0.2) is 39.3 Å². The van der Waals surface area contributed by atoms with Crippen LogP contribution in [0.3, 0.4) is 0 Å². The van der Waals surface area contributed by atoms with E-state index in [1.807, 2.05) is 12.1 Å². The molecule has 2 aromatic heterocycles. The lowest BCUT2D eigenvalue weighted by Crippen LogP contribution is -2.25. The van der Waals surface area contributed by atoms with E-state index < -0.39 is 0 Å². The topological polar surface area (TPSA) is 126 Å². The zero-order chi connectivity index (χ0) is 23.9. The lowest BCUT2D eigenvalue weighted by Gasteiger charge is -2.08. The molecular weight excluding hydrogens is 439 g/mol. The van der Waals surface area contributed by atoms with Crippen LogP contribution in [0.5, 0.6) is 0 Å². The van der Waals surface area contributed by atoms with Gasteiger partial charge in [0, 0.05) is 36.9 Å². The van der Waals surface area contributed by atoms with E-state index in [9.17, 15) is 14.0 Å². The number of aryl methyl sites for hydroxylation is 2. The second kappa shape index (κ2) is 10.7. The standard InChI is InChI=1S/C24H25FN6O3/c1-15-10-11-16(14-19(15)25)22-28-21(34-31-22)9-4-8-20(32)26-12-5-13-27-23-17-6-2-3-7-18(17)24(33)30-29-23/h2-3,6-7,10-11,14H,4-5,8-9,12-13H2,1H3,(H,26,32)(H,27,29)(H,30,33). The number of anilines is 1. The molecule has 0 atom stereocenters. The zero-order valence-electron chi connectivity index (χ0n) is 18.7. The van der Waals surface area contributed by atoms with Gasteiger partial charge in [0.15, 0.2) is 5.82 Å². The van der Waals surface area contributed by atoms with Gasteiger partial charge < -0.3 is 15.2 Å². The van der Waals surface area contributed by atoms with Gasteiger partial charge in [-0.05, 0) is 37.5 Å². The Morgan fingerprint density at radius 3 is 2.76 bits per heavy atom. The fourth-order valence-electron chi connectivity index (χ4n) is 3.47. The van der Waals surface area contributed by atoms with Crippen molar-refractivity contribution in [3.8, 4) is 11.4 Å².